The number of fused-ring (bicyclic) bond motifs is 3. The summed E-state index contributed by atoms with van der Waals surface area (Å²) in [5.41, 5.74) is 8.46. The minimum atomic E-state index is -2.03. The average molecular weight is 527 g/mol. The fraction of sp³-hybridized carbons (Fsp3) is 0.250. The summed E-state index contributed by atoms with van der Waals surface area (Å²) < 4.78 is 4.39. The Morgan fingerprint density at radius 1 is 0.806 bits per heavy atom. The Morgan fingerprint density at radius 3 is 1.87 bits per heavy atom. The van der Waals surface area contributed by atoms with Crippen LogP contribution >= 0.6 is 0 Å². The molecule has 0 spiro atoms. The van der Waals surface area contributed by atoms with Crippen molar-refractivity contribution >= 4 is 15.4 Å². The first-order valence-corrected chi connectivity index (χ1v) is 14.8. The Balaban J connectivity index is 0.00000136. The van der Waals surface area contributed by atoms with Crippen LogP contribution in [0.5, 0.6) is 0 Å². The van der Waals surface area contributed by atoms with Gasteiger partial charge in [-0.3, -0.25) is 0 Å². The number of allylic oxidation sites excluding steroid dienone is 4. The standard InChI is InChI=1S/C17H13.C6H10.C5H5.2ClH.Zr/c1-3-12-5-7-14-11-15-8-6-13(4-2)10-17(15)16(14)9-12;1-2-4-6-5-3-1;1-2-4-5-3-1;;;/h3-11H,1-2H2;1-5H2;1-3H,4H2;2*1H;/q;;;;;+2/p-2. The van der Waals surface area contributed by atoms with Gasteiger partial charge < -0.3 is 24.8 Å². The summed E-state index contributed by atoms with van der Waals surface area (Å²) in [6.07, 6.45) is 19.3. The van der Waals surface area contributed by atoms with E-state index in [0.717, 1.165) is 0 Å². The molecule has 0 N–H and O–H groups in total. The van der Waals surface area contributed by atoms with E-state index < -0.39 is 21.3 Å². The van der Waals surface area contributed by atoms with Gasteiger partial charge in [-0.15, -0.1) is 0 Å². The summed E-state index contributed by atoms with van der Waals surface area (Å²) in [7, 11) is 0. The molecule has 5 rings (SSSR count). The third-order valence-corrected chi connectivity index (χ3v) is 15.4. The number of benzene rings is 2. The van der Waals surface area contributed by atoms with Crippen LogP contribution < -0.4 is 24.8 Å². The van der Waals surface area contributed by atoms with Gasteiger partial charge in [0.25, 0.3) is 0 Å². The zero-order valence-corrected chi connectivity index (χ0v) is 21.8. The zero-order chi connectivity index (χ0) is 19.8. The summed E-state index contributed by atoms with van der Waals surface area (Å²) in [5.74, 6) is 0. The van der Waals surface area contributed by atoms with Gasteiger partial charge in [0.2, 0.25) is 0 Å². The normalized spacial score (nSPS) is 16.2. The van der Waals surface area contributed by atoms with E-state index in [1.54, 1.807) is 14.4 Å². The van der Waals surface area contributed by atoms with Crippen molar-refractivity contribution in [2.45, 2.75) is 42.2 Å². The van der Waals surface area contributed by atoms with E-state index in [1.807, 2.05) is 15.4 Å². The molecule has 0 nitrogen and oxygen atoms in total. The van der Waals surface area contributed by atoms with E-state index in [-0.39, 0.29) is 24.8 Å². The maximum absolute atomic E-state index is 4.01. The number of hydrogen-bond donors (Lipinski definition) is 0. The van der Waals surface area contributed by atoms with E-state index in [4.69, 9.17) is 0 Å². The van der Waals surface area contributed by atoms with Crippen LogP contribution in [0.1, 0.15) is 64.4 Å². The third kappa shape index (κ3) is 4.48. The van der Waals surface area contributed by atoms with Crippen molar-refractivity contribution in [2.75, 3.05) is 0 Å². The zero-order valence-electron chi connectivity index (χ0n) is 17.8. The van der Waals surface area contributed by atoms with Gasteiger partial charge in [0.15, 0.2) is 0 Å². The molecule has 3 heteroatoms. The molecule has 0 saturated heterocycles. The van der Waals surface area contributed by atoms with Crippen LogP contribution in [0.15, 0.2) is 71.1 Å². The second kappa shape index (κ2) is 10.6. The van der Waals surface area contributed by atoms with Crippen LogP contribution in [0.3, 0.4) is 0 Å². The van der Waals surface area contributed by atoms with Gasteiger partial charge in [0, 0.05) is 0 Å². The Labute approximate surface area is 206 Å². The summed E-state index contributed by atoms with van der Waals surface area (Å²) >= 11 is -2.03. The Hall–Kier alpha value is -1.27. The van der Waals surface area contributed by atoms with Gasteiger partial charge in [-0.1, -0.05) is 0 Å². The van der Waals surface area contributed by atoms with Gasteiger partial charge in [0.1, 0.15) is 0 Å². The molecule has 0 amide bonds. The molecule has 0 aromatic heterocycles. The first kappa shape index (κ1) is 24.4. The van der Waals surface area contributed by atoms with Crippen molar-refractivity contribution in [2.24, 2.45) is 0 Å². The molecule has 3 aliphatic rings. The maximum Gasteiger partial charge on any atom is -1.00 e. The van der Waals surface area contributed by atoms with Crippen molar-refractivity contribution in [3.05, 3.63) is 93.3 Å². The van der Waals surface area contributed by atoms with Crippen LogP contribution in [0.4, 0.5) is 0 Å². The molecule has 2 aromatic rings. The quantitative estimate of drug-likeness (QED) is 0.569. The molecule has 0 radical (unpaired) electrons. The molecule has 0 bridgehead atoms. The number of halogens is 2. The van der Waals surface area contributed by atoms with Crippen molar-refractivity contribution in [1.82, 2.24) is 0 Å². The SMILES string of the molecule is C=Cc1ccc2c(c1)-c1cc(C=C)ccc1[CH]2[Zr+2]([C]1=CC=CC1)=[C]1CCCCC1.[Cl-].[Cl-]. The van der Waals surface area contributed by atoms with Crippen LogP contribution in [-0.2, 0) is 21.3 Å². The van der Waals surface area contributed by atoms with Crippen LogP contribution in [-0.4, -0.2) is 3.21 Å². The molecular formula is C28H28Cl2Zr. The molecule has 31 heavy (non-hydrogen) atoms. The molecule has 2 aromatic carbocycles. The Kier molecular flexibility index (Phi) is 8.31. The topological polar surface area (TPSA) is 0 Å². The van der Waals surface area contributed by atoms with Crippen molar-refractivity contribution in [3.8, 4) is 11.1 Å². The molecule has 1 saturated carbocycles. The maximum atomic E-state index is 4.01. The molecular weight excluding hydrogens is 498 g/mol. The third-order valence-electron chi connectivity index (χ3n) is 6.78. The predicted octanol–water partition coefficient (Wildman–Crippen LogP) is 1.65. The molecule has 1 fully saturated rings. The summed E-state index contributed by atoms with van der Waals surface area (Å²) in [6, 6.07) is 14.1. The second-order valence-corrected chi connectivity index (χ2v) is 15.2. The first-order valence-electron chi connectivity index (χ1n) is 10.9. The Bertz CT molecular complexity index is 1040. The minimum Gasteiger partial charge on any atom is -1.00 e. The van der Waals surface area contributed by atoms with Gasteiger partial charge in [-0.25, -0.2) is 0 Å². The van der Waals surface area contributed by atoms with E-state index in [0.29, 0.717) is 3.63 Å². The van der Waals surface area contributed by atoms with Gasteiger partial charge in [-0.2, -0.15) is 0 Å². The number of hydrogen-bond acceptors (Lipinski definition) is 0. The molecule has 0 atom stereocenters. The van der Waals surface area contributed by atoms with Crippen molar-refractivity contribution < 1.29 is 46.1 Å². The monoisotopic (exact) mass is 524 g/mol. The van der Waals surface area contributed by atoms with E-state index >= 15 is 0 Å². The summed E-state index contributed by atoms with van der Waals surface area (Å²) in [4.78, 5) is 0. The molecule has 0 aliphatic heterocycles. The summed E-state index contributed by atoms with van der Waals surface area (Å²) in [5, 5.41) is 0. The van der Waals surface area contributed by atoms with E-state index in [1.165, 1.54) is 60.8 Å². The van der Waals surface area contributed by atoms with Crippen LogP contribution in [0.25, 0.3) is 23.3 Å². The largest absolute Gasteiger partial charge is 1.00 e. The van der Waals surface area contributed by atoms with Crippen molar-refractivity contribution in [1.29, 1.82) is 0 Å². The molecule has 0 heterocycles. The van der Waals surface area contributed by atoms with Crippen molar-refractivity contribution in [3.63, 3.8) is 0 Å². The minimum absolute atomic E-state index is 0. The average Bonchev–Trinajstić information content (AvgIpc) is 3.41. The first-order chi connectivity index (χ1) is 14.3. The summed E-state index contributed by atoms with van der Waals surface area (Å²) in [6.45, 7) is 8.02. The van der Waals surface area contributed by atoms with E-state index in [9.17, 15) is 0 Å². The second-order valence-electron chi connectivity index (χ2n) is 8.44. The van der Waals surface area contributed by atoms with Crippen LogP contribution in [0, 0.1) is 0 Å². The molecule has 0 unspecified atom stereocenters. The van der Waals surface area contributed by atoms with Gasteiger partial charge in [0.05, 0.1) is 0 Å². The van der Waals surface area contributed by atoms with Gasteiger partial charge >= 0.3 is 183 Å². The fourth-order valence-electron chi connectivity index (χ4n) is 5.36. The van der Waals surface area contributed by atoms with Gasteiger partial charge in [-0.05, 0) is 0 Å². The van der Waals surface area contributed by atoms with Crippen LogP contribution in [0.2, 0.25) is 0 Å². The predicted molar refractivity (Wildman–Crippen MR) is 124 cm³/mol. The molecule has 158 valence electrons. The van der Waals surface area contributed by atoms with E-state index in [2.05, 4.69) is 67.8 Å². The Morgan fingerprint density at radius 2 is 1.39 bits per heavy atom. The fourth-order valence-corrected chi connectivity index (χ4v) is 14.9. The molecule has 3 aliphatic carbocycles. The smallest absolute Gasteiger partial charge is 1.00 e. The number of rotatable bonds is 4.